The number of nitrogens with one attached hydrogen (secondary N) is 2. The number of fused-ring (bicyclic) bond motifs is 2. The molecular formula is C24H28N4. The Bertz CT molecular complexity index is 1140. The molecule has 0 bridgehead atoms. The van der Waals surface area contributed by atoms with E-state index in [-0.39, 0.29) is 0 Å². The first kappa shape index (κ1) is 17.5. The molecule has 1 saturated heterocycles. The summed E-state index contributed by atoms with van der Waals surface area (Å²) in [5, 5.41) is 9.28. The van der Waals surface area contributed by atoms with Crippen molar-refractivity contribution in [2.45, 2.75) is 45.4 Å². The Kier molecular flexibility index (Phi) is 4.24. The third-order valence-electron chi connectivity index (χ3n) is 6.21. The summed E-state index contributed by atoms with van der Waals surface area (Å²) in [7, 11) is 0. The van der Waals surface area contributed by atoms with Crippen LogP contribution >= 0.6 is 0 Å². The summed E-state index contributed by atoms with van der Waals surface area (Å²) in [6, 6.07) is 13.6. The van der Waals surface area contributed by atoms with Crippen LogP contribution in [-0.4, -0.2) is 27.7 Å². The number of nitrogens with zero attached hydrogens (tertiary/aromatic N) is 2. The van der Waals surface area contributed by atoms with Gasteiger partial charge in [0.2, 0.25) is 0 Å². The van der Waals surface area contributed by atoms with Crippen LogP contribution in [-0.2, 0) is 0 Å². The summed E-state index contributed by atoms with van der Waals surface area (Å²) in [6.45, 7) is 8.98. The molecule has 144 valence electrons. The number of hydrogen-bond acceptors (Lipinski definition) is 2. The summed E-state index contributed by atoms with van der Waals surface area (Å²) in [5.41, 5.74) is 8.94. The zero-order valence-corrected chi connectivity index (χ0v) is 16.9. The molecule has 1 aliphatic heterocycles. The Balaban J connectivity index is 1.68. The highest BCUT2D eigenvalue weighted by Crippen LogP contribution is 2.38. The van der Waals surface area contributed by atoms with E-state index in [1.54, 1.807) is 0 Å². The van der Waals surface area contributed by atoms with Crippen molar-refractivity contribution in [2.75, 3.05) is 13.1 Å². The molecule has 0 atom stereocenters. The summed E-state index contributed by atoms with van der Waals surface area (Å²) < 4.78 is 2.00. The van der Waals surface area contributed by atoms with Gasteiger partial charge >= 0.3 is 0 Å². The Labute approximate surface area is 166 Å². The Morgan fingerprint density at radius 1 is 1.07 bits per heavy atom. The van der Waals surface area contributed by atoms with E-state index in [1.165, 1.54) is 46.1 Å². The predicted molar refractivity (Wildman–Crippen MR) is 116 cm³/mol. The average molecular weight is 373 g/mol. The van der Waals surface area contributed by atoms with Gasteiger partial charge in [0, 0.05) is 28.4 Å². The lowest BCUT2D eigenvalue weighted by atomic mass is 9.88. The van der Waals surface area contributed by atoms with Gasteiger partial charge in [-0.3, -0.25) is 0 Å². The van der Waals surface area contributed by atoms with Gasteiger partial charge in [0.1, 0.15) is 0 Å². The van der Waals surface area contributed by atoms with Crippen molar-refractivity contribution in [3.63, 3.8) is 0 Å². The number of pyridine rings is 1. The second-order valence-corrected chi connectivity index (χ2v) is 8.45. The van der Waals surface area contributed by atoms with Gasteiger partial charge in [0.15, 0.2) is 0 Å². The van der Waals surface area contributed by atoms with Crippen molar-refractivity contribution in [2.24, 2.45) is 0 Å². The predicted octanol–water partition coefficient (Wildman–Crippen LogP) is 5.38. The third-order valence-corrected chi connectivity index (χ3v) is 6.21. The topological polar surface area (TPSA) is 45.1 Å². The molecule has 1 aliphatic rings. The molecule has 1 fully saturated rings. The van der Waals surface area contributed by atoms with Crippen molar-refractivity contribution in [3.8, 4) is 11.3 Å². The summed E-state index contributed by atoms with van der Waals surface area (Å²) in [4.78, 5) is 3.73. The van der Waals surface area contributed by atoms with E-state index in [0.717, 1.165) is 24.3 Å². The SMILES string of the molecule is Cc1cc(-c2[nH]c3ccc(C4CCNCC4)cc3c2C(C)C)cc2ccnn12. The fraction of sp³-hybridized carbons (Fsp3) is 0.375. The number of rotatable bonds is 3. The first-order valence-electron chi connectivity index (χ1n) is 10.4. The van der Waals surface area contributed by atoms with Gasteiger partial charge in [0.05, 0.1) is 11.2 Å². The molecular weight excluding hydrogens is 344 g/mol. The monoisotopic (exact) mass is 372 g/mol. The first-order valence-corrected chi connectivity index (χ1v) is 10.4. The number of aromatic nitrogens is 3. The highest BCUT2D eigenvalue weighted by molar-refractivity contribution is 5.92. The van der Waals surface area contributed by atoms with Crippen molar-refractivity contribution < 1.29 is 0 Å². The van der Waals surface area contributed by atoms with Crippen LogP contribution in [0.1, 0.15) is 55.3 Å². The van der Waals surface area contributed by atoms with Gasteiger partial charge in [-0.15, -0.1) is 0 Å². The summed E-state index contributed by atoms with van der Waals surface area (Å²) >= 11 is 0. The van der Waals surface area contributed by atoms with Crippen LogP contribution in [0.4, 0.5) is 0 Å². The third kappa shape index (κ3) is 2.83. The second kappa shape index (κ2) is 6.78. The van der Waals surface area contributed by atoms with Gasteiger partial charge in [-0.05, 0) is 86.1 Å². The minimum Gasteiger partial charge on any atom is -0.354 e. The molecule has 4 nitrogen and oxygen atoms in total. The lowest BCUT2D eigenvalue weighted by Gasteiger charge is -2.23. The quantitative estimate of drug-likeness (QED) is 0.507. The molecule has 1 aromatic carbocycles. The number of piperidine rings is 1. The van der Waals surface area contributed by atoms with Gasteiger partial charge < -0.3 is 10.3 Å². The molecule has 28 heavy (non-hydrogen) atoms. The smallest absolute Gasteiger partial charge is 0.0671 e. The molecule has 4 heteroatoms. The molecule has 0 amide bonds. The zero-order chi connectivity index (χ0) is 19.3. The summed E-state index contributed by atoms with van der Waals surface area (Å²) in [5.74, 6) is 1.13. The largest absolute Gasteiger partial charge is 0.354 e. The van der Waals surface area contributed by atoms with Gasteiger partial charge in [-0.2, -0.15) is 5.10 Å². The molecule has 0 spiro atoms. The van der Waals surface area contributed by atoms with Crippen molar-refractivity contribution in [3.05, 3.63) is 59.4 Å². The Morgan fingerprint density at radius 2 is 1.89 bits per heavy atom. The maximum atomic E-state index is 4.42. The fourth-order valence-electron chi connectivity index (χ4n) is 4.82. The summed E-state index contributed by atoms with van der Waals surface area (Å²) in [6.07, 6.45) is 4.33. The molecule has 3 aromatic heterocycles. The van der Waals surface area contributed by atoms with Crippen LogP contribution in [0.3, 0.4) is 0 Å². The number of hydrogen-bond donors (Lipinski definition) is 2. The molecule has 5 rings (SSSR count). The van der Waals surface area contributed by atoms with Crippen LogP contribution in [0.25, 0.3) is 27.7 Å². The number of H-pyrrole nitrogens is 1. The van der Waals surface area contributed by atoms with Crippen LogP contribution in [0, 0.1) is 6.92 Å². The van der Waals surface area contributed by atoms with Crippen molar-refractivity contribution >= 4 is 16.4 Å². The van der Waals surface area contributed by atoms with E-state index in [0.29, 0.717) is 11.8 Å². The highest BCUT2D eigenvalue weighted by atomic mass is 15.2. The minimum absolute atomic E-state index is 0.452. The molecule has 0 aliphatic carbocycles. The van der Waals surface area contributed by atoms with Gasteiger partial charge in [-0.1, -0.05) is 19.9 Å². The lowest BCUT2D eigenvalue weighted by Crippen LogP contribution is -2.26. The van der Waals surface area contributed by atoms with Crippen LogP contribution in [0.2, 0.25) is 0 Å². The second-order valence-electron chi connectivity index (χ2n) is 8.45. The highest BCUT2D eigenvalue weighted by Gasteiger charge is 2.20. The Hall–Kier alpha value is -2.59. The van der Waals surface area contributed by atoms with Gasteiger partial charge in [-0.25, -0.2) is 4.52 Å². The van der Waals surface area contributed by atoms with Gasteiger partial charge in [0.25, 0.3) is 0 Å². The number of aryl methyl sites for hydroxylation is 1. The average Bonchev–Trinajstić information content (AvgIpc) is 3.32. The number of aromatic amines is 1. The lowest BCUT2D eigenvalue weighted by molar-refractivity contribution is 0.460. The molecule has 0 saturated carbocycles. The molecule has 0 unspecified atom stereocenters. The van der Waals surface area contributed by atoms with Crippen molar-refractivity contribution in [1.82, 2.24) is 19.9 Å². The number of benzene rings is 1. The normalized spacial score (nSPS) is 15.9. The van der Waals surface area contributed by atoms with Crippen molar-refractivity contribution in [1.29, 1.82) is 0 Å². The molecule has 4 heterocycles. The van der Waals surface area contributed by atoms with Crippen LogP contribution in [0.15, 0.2) is 42.6 Å². The van der Waals surface area contributed by atoms with Crippen LogP contribution < -0.4 is 5.32 Å². The maximum Gasteiger partial charge on any atom is 0.0671 e. The fourth-order valence-corrected chi connectivity index (χ4v) is 4.82. The molecule has 4 aromatic rings. The van der Waals surface area contributed by atoms with E-state index in [1.807, 2.05) is 10.7 Å². The zero-order valence-electron chi connectivity index (χ0n) is 16.9. The van der Waals surface area contributed by atoms with E-state index >= 15 is 0 Å². The van der Waals surface area contributed by atoms with E-state index < -0.39 is 0 Å². The maximum absolute atomic E-state index is 4.42. The van der Waals surface area contributed by atoms with E-state index in [2.05, 4.69) is 72.6 Å². The van der Waals surface area contributed by atoms with Crippen LogP contribution in [0.5, 0.6) is 0 Å². The minimum atomic E-state index is 0.452. The standard InChI is InChI=1S/C24H28N4/c1-15(2)23-21-14-18(17-6-9-25-10-7-17)4-5-22(21)27-24(23)19-12-16(3)28-20(13-19)8-11-26-28/h4-5,8,11-15,17,25,27H,6-7,9-10H2,1-3H3. The molecule has 0 radical (unpaired) electrons. The molecule has 2 N–H and O–H groups in total. The Morgan fingerprint density at radius 3 is 2.68 bits per heavy atom. The van der Waals surface area contributed by atoms with E-state index in [4.69, 9.17) is 0 Å². The first-order chi connectivity index (χ1) is 13.6. The van der Waals surface area contributed by atoms with E-state index in [9.17, 15) is 0 Å².